The average Bonchev–Trinajstić information content (AvgIpc) is 2.63. The molecule has 2 aliphatic rings. The first kappa shape index (κ1) is 12.9. The van der Waals surface area contributed by atoms with Gasteiger partial charge in [0.15, 0.2) is 0 Å². The van der Waals surface area contributed by atoms with Gasteiger partial charge in [0.1, 0.15) is 0 Å². The van der Waals surface area contributed by atoms with Crippen LogP contribution in [0.25, 0.3) is 0 Å². The second kappa shape index (κ2) is 6.37. The number of likely N-dealkylation sites (tertiary alicyclic amines) is 1. The lowest BCUT2D eigenvalue weighted by molar-refractivity contribution is 0.00601. The predicted molar refractivity (Wildman–Crippen MR) is 67.6 cm³/mol. The molecule has 0 radical (unpaired) electrons. The minimum atomic E-state index is 0.244. The Morgan fingerprint density at radius 3 is 2.71 bits per heavy atom. The van der Waals surface area contributed by atoms with E-state index in [2.05, 4.69) is 11.0 Å². The van der Waals surface area contributed by atoms with E-state index in [1.165, 1.54) is 38.5 Å². The standard InChI is InChI=1S/C14H24N2O/c1-17-13-7-5-9-16(11-13)14-8-4-2-3-6-12(14)10-15/h12-14H,2-9,11H2,1H3. The summed E-state index contributed by atoms with van der Waals surface area (Å²) in [7, 11) is 1.81. The van der Waals surface area contributed by atoms with Crippen molar-refractivity contribution in [2.45, 2.75) is 57.1 Å². The van der Waals surface area contributed by atoms with Gasteiger partial charge in [0, 0.05) is 19.7 Å². The van der Waals surface area contributed by atoms with Gasteiger partial charge in [-0.1, -0.05) is 19.3 Å². The van der Waals surface area contributed by atoms with Crippen LogP contribution in [-0.4, -0.2) is 37.2 Å². The number of nitriles is 1. The van der Waals surface area contributed by atoms with Crippen LogP contribution in [0, 0.1) is 17.2 Å². The summed E-state index contributed by atoms with van der Waals surface area (Å²) < 4.78 is 5.49. The van der Waals surface area contributed by atoms with Crippen molar-refractivity contribution in [2.24, 2.45) is 5.92 Å². The van der Waals surface area contributed by atoms with Crippen LogP contribution in [0.2, 0.25) is 0 Å². The molecule has 2 fully saturated rings. The monoisotopic (exact) mass is 236 g/mol. The number of hydrogen-bond donors (Lipinski definition) is 0. The van der Waals surface area contributed by atoms with E-state index in [0.717, 1.165) is 19.5 Å². The molecule has 0 aromatic heterocycles. The molecule has 1 heterocycles. The molecule has 0 bridgehead atoms. The van der Waals surface area contributed by atoms with Crippen molar-refractivity contribution >= 4 is 0 Å². The zero-order valence-corrected chi connectivity index (χ0v) is 10.9. The molecule has 0 aromatic rings. The minimum Gasteiger partial charge on any atom is -0.380 e. The SMILES string of the molecule is COC1CCCN(C2CCCCCC2C#N)C1. The molecule has 1 saturated heterocycles. The molecule has 0 spiro atoms. The maximum atomic E-state index is 9.33. The largest absolute Gasteiger partial charge is 0.380 e. The Labute approximate surface area is 105 Å². The van der Waals surface area contributed by atoms with Gasteiger partial charge in [-0.2, -0.15) is 5.26 Å². The van der Waals surface area contributed by atoms with Gasteiger partial charge in [-0.3, -0.25) is 4.90 Å². The Hall–Kier alpha value is -0.590. The molecule has 1 saturated carbocycles. The fourth-order valence-corrected chi connectivity index (χ4v) is 3.34. The molecule has 96 valence electrons. The van der Waals surface area contributed by atoms with E-state index >= 15 is 0 Å². The van der Waals surface area contributed by atoms with Crippen molar-refractivity contribution in [1.82, 2.24) is 4.90 Å². The third-order valence-corrected chi connectivity index (χ3v) is 4.36. The van der Waals surface area contributed by atoms with Crippen molar-refractivity contribution < 1.29 is 4.74 Å². The Kier molecular flexibility index (Phi) is 4.82. The molecular weight excluding hydrogens is 212 g/mol. The number of ether oxygens (including phenoxy) is 1. The smallest absolute Gasteiger partial charge is 0.0698 e. The molecule has 1 aliphatic heterocycles. The zero-order valence-electron chi connectivity index (χ0n) is 10.9. The first-order valence-electron chi connectivity index (χ1n) is 7.01. The number of hydrogen-bond acceptors (Lipinski definition) is 3. The van der Waals surface area contributed by atoms with Crippen LogP contribution in [0.15, 0.2) is 0 Å². The summed E-state index contributed by atoms with van der Waals surface area (Å²) >= 11 is 0. The van der Waals surface area contributed by atoms with E-state index in [-0.39, 0.29) is 5.92 Å². The molecular formula is C14H24N2O. The van der Waals surface area contributed by atoms with Gasteiger partial charge in [-0.05, 0) is 32.2 Å². The summed E-state index contributed by atoms with van der Waals surface area (Å²) in [5.41, 5.74) is 0. The van der Waals surface area contributed by atoms with Crippen LogP contribution in [-0.2, 0) is 4.74 Å². The van der Waals surface area contributed by atoms with E-state index in [4.69, 9.17) is 4.74 Å². The average molecular weight is 236 g/mol. The van der Waals surface area contributed by atoms with Crippen molar-refractivity contribution in [1.29, 1.82) is 5.26 Å². The first-order valence-corrected chi connectivity index (χ1v) is 7.01. The van der Waals surface area contributed by atoms with Crippen LogP contribution in [0.4, 0.5) is 0 Å². The highest BCUT2D eigenvalue weighted by atomic mass is 16.5. The highest BCUT2D eigenvalue weighted by Crippen LogP contribution is 2.29. The molecule has 17 heavy (non-hydrogen) atoms. The molecule has 3 nitrogen and oxygen atoms in total. The van der Waals surface area contributed by atoms with E-state index in [1.807, 2.05) is 7.11 Å². The van der Waals surface area contributed by atoms with Crippen LogP contribution >= 0.6 is 0 Å². The Morgan fingerprint density at radius 1 is 1.12 bits per heavy atom. The van der Waals surface area contributed by atoms with Gasteiger partial charge in [0.25, 0.3) is 0 Å². The first-order chi connectivity index (χ1) is 8.35. The second-order valence-corrected chi connectivity index (χ2v) is 5.44. The molecule has 3 heteroatoms. The van der Waals surface area contributed by atoms with Gasteiger partial charge >= 0.3 is 0 Å². The third-order valence-electron chi connectivity index (χ3n) is 4.36. The third kappa shape index (κ3) is 3.20. The summed E-state index contributed by atoms with van der Waals surface area (Å²) in [6.45, 7) is 2.18. The van der Waals surface area contributed by atoms with Gasteiger partial charge < -0.3 is 4.74 Å². The molecule has 1 aliphatic carbocycles. The Morgan fingerprint density at radius 2 is 1.94 bits per heavy atom. The van der Waals surface area contributed by atoms with Crippen molar-refractivity contribution in [3.8, 4) is 6.07 Å². The quantitative estimate of drug-likeness (QED) is 0.691. The molecule has 0 amide bonds. The van der Waals surface area contributed by atoms with Crippen molar-refractivity contribution in [3.63, 3.8) is 0 Å². The molecule has 2 rings (SSSR count). The summed E-state index contributed by atoms with van der Waals surface area (Å²) in [5, 5.41) is 9.33. The molecule has 0 aromatic carbocycles. The fourth-order valence-electron chi connectivity index (χ4n) is 3.34. The number of rotatable bonds is 2. The maximum absolute atomic E-state index is 9.33. The number of piperidine rings is 1. The van der Waals surface area contributed by atoms with E-state index < -0.39 is 0 Å². The van der Waals surface area contributed by atoms with Crippen LogP contribution < -0.4 is 0 Å². The van der Waals surface area contributed by atoms with E-state index in [0.29, 0.717) is 12.1 Å². The van der Waals surface area contributed by atoms with Gasteiger partial charge in [-0.25, -0.2) is 0 Å². The van der Waals surface area contributed by atoms with Crippen LogP contribution in [0.5, 0.6) is 0 Å². The summed E-state index contributed by atoms with van der Waals surface area (Å²) in [6, 6.07) is 3.03. The maximum Gasteiger partial charge on any atom is 0.0698 e. The number of nitrogens with zero attached hydrogens (tertiary/aromatic N) is 2. The lowest BCUT2D eigenvalue weighted by Gasteiger charge is -2.39. The van der Waals surface area contributed by atoms with Crippen molar-refractivity contribution in [2.75, 3.05) is 20.2 Å². The van der Waals surface area contributed by atoms with Crippen LogP contribution in [0.1, 0.15) is 44.9 Å². The summed E-state index contributed by atoms with van der Waals surface area (Å²) in [4.78, 5) is 2.52. The Balaban J connectivity index is 2.00. The second-order valence-electron chi connectivity index (χ2n) is 5.44. The highest BCUT2D eigenvalue weighted by Gasteiger charge is 2.32. The lowest BCUT2D eigenvalue weighted by atomic mass is 9.92. The van der Waals surface area contributed by atoms with Gasteiger partial charge in [0.05, 0.1) is 18.1 Å². The lowest BCUT2D eigenvalue weighted by Crippen LogP contribution is -2.47. The van der Waals surface area contributed by atoms with Crippen LogP contribution in [0.3, 0.4) is 0 Å². The van der Waals surface area contributed by atoms with Gasteiger partial charge in [-0.15, -0.1) is 0 Å². The highest BCUT2D eigenvalue weighted by molar-refractivity contribution is 4.96. The van der Waals surface area contributed by atoms with Gasteiger partial charge in [0.2, 0.25) is 0 Å². The normalized spacial score (nSPS) is 36.1. The van der Waals surface area contributed by atoms with E-state index in [1.54, 1.807) is 0 Å². The summed E-state index contributed by atoms with van der Waals surface area (Å²) in [6.07, 6.45) is 8.89. The molecule has 0 N–H and O–H groups in total. The summed E-state index contributed by atoms with van der Waals surface area (Å²) in [5.74, 6) is 0.244. The Bertz CT molecular complexity index is 274. The fraction of sp³-hybridized carbons (Fsp3) is 0.929. The topological polar surface area (TPSA) is 36.3 Å². The van der Waals surface area contributed by atoms with E-state index in [9.17, 15) is 5.26 Å². The van der Waals surface area contributed by atoms with Crippen molar-refractivity contribution in [3.05, 3.63) is 0 Å². The molecule has 3 atom stereocenters. The number of methoxy groups -OCH3 is 1. The predicted octanol–water partition coefficient (Wildman–Crippen LogP) is 2.57. The molecule has 3 unspecified atom stereocenters. The zero-order chi connectivity index (χ0) is 12.1. The minimum absolute atomic E-state index is 0.244.